The van der Waals surface area contributed by atoms with Crippen molar-refractivity contribution in [3.05, 3.63) is 35.4 Å². The average molecular weight is 256 g/mol. The quantitative estimate of drug-likeness (QED) is 0.847. The highest BCUT2D eigenvalue weighted by Gasteiger charge is 2.21. The number of rotatable bonds is 5. The molecule has 0 saturated heterocycles. The van der Waals surface area contributed by atoms with Gasteiger partial charge in [-0.15, -0.1) is 0 Å². The molecule has 18 heavy (non-hydrogen) atoms. The number of nitrogens with one attached hydrogen (secondary N) is 1. The summed E-state index contributed by atoms with van der Waals surface area (Å²) in [5, 5.41) is 2.53. The van der Waals surface area contributed by atoms with Crippen LogP contribution in [0.2, 0.25) is 0 Å². The van der Waals surface area contributed by atoms with Crippen molar-refractivity contribution in [1.29, 1.82) is 0 Å². The van der Waals surface area contributed by atoms with Crippen LogP contribution in [0.15, 0.2) is 18.2 Å². The van der Waals surface area contributed by atoms with Gasteiger partial charge in [-0.25, -0.2) is 8.78 Å². The van der Waals surface area contributed by atoms with E-state index in [1.165, 1.54) is 6.07 Å². The fourth-order valence-corrected chi connectivity index (χ4v) is 1.60. The maximum Gasteiger partial charge on any atom is 0.257 e. The average Bonchev–Trinajstić information content (AvgIpc) is 2.26. The van der Waals surface area contributed by atoms with Crippen LogP contribution < -0.4 is 11.1 Å². The Morgan fingerprint density at radius 1 is 1.33 bits per heavy atom. The van der Waals surface area contributed by atoms with Crippen molar-refractivity contribution in [2.45, 2.75) is 20.3 Å². The Morgan fingerprint density at radius 2 is 1.89 bits per heavy atom. The van der Waals surface area contributed by atoms with Gasteiger partial charge in [0.1, 0.15) is 17.2 Å². The number of benzene rings is 1. The largest absolute Gasteiger partial charge is 0.351 e. The molecule has 1 aromatic carbocycles. The van der Waals surface area contributed by atoms with E-state index >= 15 is 0 Å². The molecule has 0 aromatic heterocycles. The molecular weight excluding hydrogens is 238 g/mol. The highest BCUT2D eigenvalue weighted by Crippen LogP contribution is 2.18. The maximum atomic E-state index is 13.3. The molecule has 0 spiro atoms. The van der Waals surface area contributed by atoms with Crippen LogP contribution in [0, 0.1) is 17.0 Å². The number of carbonyl (C=O) groups is 1. The van der Waals surface area contributed by atoms with Crippen molar-refractivity contribution < 1.29 is 13.6 Å². The molecule has 0 aliphatic heterocycles. The van der Waals surface area contributed by atoms with Gasteiger partial charge in [0.15, 0.2) is 0 Å². The first-order valence-electron chi connectivity index (χ1n) is 5.80. The molecule has 1 rings (SSSR count). The second-order valence-electron chi connectivity index (χ2n) is 4.98. The molecule has 0 bridgehead atoms. The van der Waals surface area contributed by atoms with E-state index in [-0.39, 0.29) is 5.41 Å². The Kier molecular flexibility index (Phi) is 4.78. The summed E-state index contributed by atoms with van der Waals surface area (Å²) in [5.41, 5.74) is 4.70. The van der Waals surface area contributed by atoms with Crippen LogP contribution in [0.5, 0.6) is 0 Å². The summed E-state index contributed by atoms with van der Waals surface area (Å²) < 4.78 is 26.7. The van der Waals surface area contributed by atoms with Crippen LogP contribution >= 0.6 is 0 Å². The Labute approximate surface area is 105 Å². The van der Waals surface area contributed by atoms with Gasteiger partial charge in [0.2, 0.25) is 0 Å². The van der Waals surface area contributed by atoms with E-state index < -0.39 is 23.1 Å². The summed E-state index contributed by atoms with van der Waals surface area (Å²) in [4.78, 5) is 11.7. The van der Waals surface area contributed by atoms with E-state index in [0.717, 1.165) is 12.1 Å². The molecule has 0 heterocycles. The number of hydrogen-bond donors (Lipinski definition) is 2. The van der Waals surface area contributed by atoms with E-state index in [1.807, 2.05) is 13.8 Å². The lowest BCUT2D eigenvalue weighted by Crippen LogP contribution is -2.36. The van der Waals surface area contributed by atoms with Gasteiger partial charge in [-0.1, -0.05) is 19.9 Å². The molecule has 1 amide bonds. The number of amides is 1. The van der Waals surface area contributed by atoms with Crippen LogP contribution in [-0.2, 0) is 0 Å². The minimum absolute atomic E-state index is 0.202. The summed E-state index contributed by atoms with van der Waals surface area (Å²) in [6, 6.07) is 3.34. The fourth-order valence-electron chi connectivity index (χ4n) is 1.60. The molecule has 0 aliphatic rings. The second-order valence-corrected chi connectivity index (χ2v) is 4.98. The zero-order valence-corrected chi connectivity index (χ0v) is 10.6. The Morgan fingerprint density at radius 3 is 2.39 bits per heavy atom. The third-order valence-electron chi connectivity index (χ3n) is 2.74. The minimum atomic E-state index is -0.857. The zero-order chi connectivity index (χ0) is 13.8. The van der Waals surface area contributed by atoms with E-state index in [0.29, 0.717) is 19.5 Å². The monoisotopic (exact) mass is 256 g/mol. The SMILES string of the molecule is CC(C)(CCN)CNC(=O)c1c(F)cccc1F. The van der Waals surface area contributed by atoms with E-state index in [2.05, 4.69) is 5.32 Å². The predicted octanol–water partition coefficient (Wildman–Crippen LogP) is 2.07. The van der Waals surface area contributed by atoms with E-state index in [1.54, 1.807) is 0 Å². The van der Waals surface area contributed by atoms with Crippen molar-refractivity contribution in [3.63, 3.8) is 0 Å². The predicted molar refractivity (Wildman–Crippen MR) is 66.1 cm³/mol. The number of halogens is 2. The molecule has 0 fully saturated rings. The Balaban J connectivity index is 2.72. The molecule has 0 radical (unpaired) electrons. The second kappa shape index (κ2) is 5.91. The van der Waals surface area contributed by atoms with Gasteiger partial charge in [0, 0.05) is 6.54 Å². The summed E-state index contributed by atoms with van der Waals surface area (Å²) in [6.45, 7) is 4.67. The third kappa shape index (κ3) is 3.77. The summed E-state index contributed by atoms with van der Waals surface area (Å²) >= 11 is 0. The lowest BCUT2D eigenvalue weighted by Gasteiger charge is -2.24. The van der Waals surface area contributed by atoms with Crippen LogP contribution in [-0.4, -0.2) is 19.0 Å². The Hall–Kier alpha value is -1.49. The van der Waals surface area contributed by atoms with Gasteiger partial charge >= 0.3 is 0 Å². The highest BCUT2D eigenvalue weighted by atomic mass is 19.1. The highest BCUT2D eigenvalue weighted by molar-refractivity contribution is 5.94. The van der Waals surface area contributed by atoms with Gasteiger partial charge in [-0.2, -0.15) is 0 Å². The summed E-state index contributed by atoms with van der Waals surface area (Å²) in [6.07, 6.45) is 0.715. The van der Waals surface area contributed by atoms with Crippen LogP contribution in [0.4, 0.5) is 8.78 Å². The molecule has 100 valence electrons. The van der Waals surface area contributed by atoms with Crippen molar-refractivity contribution in [2.75, 3.05) is 13.1 Å². The first-order chi connectivity index (χ1) is 8.37. The van der Waals surface area contributed by atoms with Crippen LogP contribution in [0.25, 0.3) is 0 Å². The summed E-state index contributed by atoms with van der Waals surface area (Å²) in [5.74, 6) is -2.45. The molecule has 0 atom stereocenters. The summed E-state index contributed by atoms with van der Waals surface area (Å²) in [7, 11) is 0. The zero-order valence-electron chi connectivity index (χ0n) is 10.6. The van der Waals surface area contributed by atoms with Gasteiger partial charge in [-0.3, -0.25) is 4.79 Å². The first-order valence-corrected chi connectivity index (χ1v) is 5.80. The lowest BCUT2D eigenvalue weighted by atomic mass is 9.89. The number of carbonyl (C=O) groups excluding carboxylic acids is 1. The number of nitrogens with two attached hydrogens (primary N) is 1. The van der Waals surface area contributed by atoms with Crippen molar-refractivity contribution >= 4 is 5.91 Å². The fraction of sp³-hybridized carbons (Fsp3) is 0.462. The van der Waals surface area contributed by atoms with E-state index in [4.69, 9.17) is 5.73 Å². The molecule has 0 unspecified atom stereocenters. The topological polar surface area (TPSA) is 55.1 Å². The van der Waals surface area contributed by atoms with Crippen LogP contribution in [0.1, 0.15) is 30.6 Å². The Bertz CT molecular complexity index is 413. The van der Waals surface area contributed by atoms with E-state index in [9.17, 15) is 13.6 Å². The lowest BCUT2D eigenvalue weighted by molar-refractivity contribution is 0.0926. The third-order valence-corrected chi connectivity index (χ3v) is 2.74. The first kappa shape index (κ1) is 14.6. The van der Waals surface area contributed by atoms with Gasteiger partial charge in [-0.05, 0) is 30.5 Å². The van der Waals surface area contributed by atoms with Gasteiger partial charge in [0.25, 0.3) is 5.91 Å². The molecule has 3 N–H and O–H groups in total. The molecule has 1 aromatic rings. The van der Waals surface area contributed by atoms with Crippen molar-refractivity contribution in [1.82, 2.24) is 5.32 Å². The maximum absolute atomic E-state index is 13.3. The van der Waals surface area contributed by atoms with Gasteiger partial charge in [0.05, 0.1) is 0 Å². The van der Waals surface area contributed by atoms with Gasteiger partial charge < -0.3 is 11.1 Å². The molecule has 3 nitrogen and oxygen atoms in total. The molecule has 0 aliphatic carbocycles. The molecular formula is C13H18F2N2O. The van der Waals surface area contributed by atoms with Crippen LogP contribution in [0.3, 0.4) is 0 Å². The smallest absolute Gasteiger partial charge is 0.257 e. The minimum Gasteiger partial charge on any atom is -0.351 e. The number of hydrogen-bond acceptors (Lipinski definition) is 2. The van der Waals surface area contributed by atoms with Crippen molar-refractivity contribution in [2.24, 2.45) is 11.1 Å². The normalized spacial score (nSPS) is 11.4. The van der Waals surface area contributed by atoms with Crippen molar-refractivity contribution in [3.8, 4) is 0 Å². The molecule has 5 heteroatoms. The standard InChI is InChI=1S/C13H18F2N2O/c1-13(2,6-7-16)8-17-12(18)11-9(14)4-3-5-10(11)15/h3-5H,6-8,16H2,1-2H3,(H,17,18). The molecule has 0 saturated carbocycles.